The predicted octanol–water partition coefficient (Wildman–Crippen LogP) is 1.33. The molecule has 0 atom stereocenters. The molecule has 0 saturated carbocycles. The summed E-state index contributed by atoms with van der Waals surface area (Å²) in [6.07, 6.45) is 2.70. The first-order valence-corrected chi connectivity index (χ1v) is 5.63. The second-order valence-corrected chi connectivity index (χ2v) is 4.04. The fourth-order valence-electron chi connectivity index (χ4n) is 1.58. The van der Waals surface area contributed by atoms with Gasteiger partial charge in [-0.3, -0.25) is 14.2 Å². The average molecular weight is 261 g/mol. The van der Waals surface area contributed by atoms with Crippen LogP contribution in [0.2, 0.25) is 0 Å². The van der Waals surface area contributed by atoms with E-state index < -0.39 is 11.7 Å². The van der Waals surface area contributed by atoms with Gasteiger partial charge >= 0.3 is 0 Å². The van der Waals surface area contributed by atoms with Gasteiger partial charge in [-0.25, -0.2) is 9.37 Å². The lowest BCUT2D eigenvalue weighted by Gasteiger charge is -2.08. The zero-order chi connectivity index (χ0) is 13.8. The van der Waals surface area contributed by atoms with Crippen LogP contribution in [0.5, 0.6) is 0 Å². The normalized spacial score (nSPS) is 10.2. The smallest absolute Gasteiger partial charge is 0.256 e. The lowest BCUT2D eigenvalue weighted by atomic mass is 10.3. The standard InChI is InChI=1S/C13H12FN3O2/c1-9-6-15-8-17(13(9)19)7-12(18)16-11-5-3-2-4-10(11)14/h2-6,8H,7H2,1H3,(H,16,18). The summed E-state index contributed by atoms with van der Waals surface area (Å²) in [7, 11) is 0. The van der Waals surface area contributed by atoms with Crippen molar-refractivity contribution in [2.45, 2.75) is 13.5 Å². The summed E-state index contributed by atoms with van der Waals surface area (Å²) in [6.45, 7) is 1.41. The van der Waals surface area contributed by atoms with E-state index in [9.17, 15) is 14.0 Å². The molecule has 1 N–H and O–H groups in total. The first-order valence-electron chi connectivity index (χ1n) is 5.63. The molecule has 0 radical (unpaired) electrons. The molecule has 1 aromatic heterocycles. The van der Waals surface area contributed by atoms with E-state index in [1.807, 2.05) is 0 Å². The maximum Gasteiger partial charge on any atom is 0.256 e. The number of benzene rings is 1. The molecule has 19 heavy (non-hydrogen) atoms. The Bertz CT molecular complexity index is 667. The number of amides is 1. The van der Waals surface area contributed by atoms with E-state index in [-0.39, 0.29) is 17.8 Å². The van der Waals surface area contributed by atoms with Crippen LogP contribution in [0.15, 0.2) is 41.6 Å². The maximum absolute atomic E-state index is 13.3. The van der Waals surface area contributed by atoms with Gasteiger partial charge in [-0.2, -0.15) is 0 Å². The third-order valence-corrected chi connectivity index (χ3v) is 2.53. The molecule has 0 fully saturated rings. The highest BCUT2D eigenvalue weighted by atomic mass is 19.1. The predicted molar refractivity (Wildman–Crippen MR) is 68.3 cm³/mol. The first kappa shape index (κ1) is 12.9. The van der Waals surface area contributed by atoms with Crippen LogP contribution < -0.4 is 10.9 Å². The fraction of sp³-hybridized carbons (Fsp3) is 0.154. The van der Waals surface area contributed by atoms with E-state index in [1.165, 1.54) is 35.3 Å². The number of carbonyl (C=O) groups is 1. The highest BCUT2D eigenvalue weighted by Gasteiger charge is 2.08. The molecule has 98 valence electrons. The van der Waals surface area contributed by atoms with Gasteiger partial charge in [-0.1, -0.05) is 12.1 Å². The van der Waals surface area contributed by atoms with Gasteiger partial charge < -0.3 is 5.32 Å². The largest absolute Gasteiger partial charge is 0.322 e. The molecule has 1 amide bonds. The minimum Gasteiger partial charge on any atom is -0.322 e. The van der Waals surface area contributed by atoms with Crippen molar-refractivity contribution in [2.24, 2.45) is 0 Å². The Kier molecular flexibility index (Phi) is 3.70. The number of aromatic nitrogens is 2. The van der Waals surface area contributed by atoms with Gasteiger partial charge in [0.05, 0.1) is 12.0 Å². The summed E-state index contributed by atoms with van der Waals surface area (Å²) in [4.78, 5) is 27.3. The van der Waals surface area contributed by atoms with E-state index in [0.29, 0.717) is 5.56 Å². The monoisotopic (exact) mass is 261 g/mol. The van der Waals surface area contributed by atoms with Crippen molar-refractivity contribution in [3.05, 3.63) is 58.5 Å². The van der Waals surface area contributed by atoms with Crippen LogP contribution in [0.1, 0.15) is 5.56 Å². The third-order valence-electron chi connectivity index (χ3n) is 2.53. The van der Waals surface area contributed by atoms with E-state index in [4.69, 9.17) is 0 Å². The minimum absolute atomic E-state index is 0.0844. The zero-order valence-corrected chi connectivity index (χ0v) is 10.3. The summed E-state index contributed by atoms with van der Waals surface area (Å²) >= 11 is 0. The van der Waals surface area contributed by atoms with Crippen molar-refractivity contribution in [3.63, 3.8) is 0 Å². The topological polar surface area (TPSA) is 64.0 Å². The summed E-state index contributed by atoms with van der Waals surface area (Å²) in [5.74, 6) is -1.01. The molecular formula is C13H12FN3O2. The first-order chi connectivity index (χ1) is 9.08. The van der Waals surface area contributed by atoms with Crippen LogP contribution in [-0.4, -0.2) is 15.5 Å². The molecule has 0 aliphatic rings. The number of nitrogens with zero attached hydrogens (tertiary/aromatic N) is 2. The van der Waals surface area contributed by atoms with Crippen LogP contribution in [0.3, 0.4) is 0 Å². The van der Waals surface area contributed by atoms with Gasteiger partial charge in [0.2, 0.25) is 5.91 Å². The fourth-order valence-corrected chi connectivity index (χ4v) is 1.58. The number of anilines is 1. The molecule has 0 aliphatic carbocycles. The number of aryl methyl sites for hydroxylation is 1. The minimum atomic E-state index is -0.523. The highest BCUT2D eigenvalue weighted by molar-refractivity contribution is 5.90. The zero-order valence-electron chi connectivity index (χ0n) is 10.3. The van der Waals surface area contributed by atoms with E-state index in [0.717, 1.165) is 0 Å². The maximum atomic E-state index is 13.3. The second kappa shape index (κ2) is 5.43. The van der Waals surface area contributed by atoms with Gasteiger partial charge in [-0.05, 0) is 19.1 Å². The molecule has 1 heterocycles. The number of halogens is 1. The Hall–Kier alpha value is -2.50. The van der Waals surface area contributed by atoms with Crippen molar-refractivity contribution in [2.75, 3.05) is 5.32 Å². The molecule has 0 unspecified atom stereocenters. The number of rotatable bonds is 3. The van der Waals surface area contributed by atoms with Crippen LogP contribution in [-0.2, 0) is 11.3 Å². The molecule has 0 bridgehead atoms. The number of para-hydroxylation sites is 1. The van der Waals surface area contributed by atoms with Crippen molar-refractivity contribution in [1.29, 1.82) is 0 Å². The van der Waals surface area contributed by atoms with Gasteiger partial charge in [0.15, 0.2) is 0 Å². The number of carbonyl (C=O) groups excluding carboxylic acids is 1. The number of hydrogen-bond donors (Lipinski definition) is 1. The summed E-state index contributed by atoms with van der Waals surface area (Å²) in [6, 6.07) is 5.83. The number of nitrogens with one attached hydrogen (secondary N) is 1. The van der Waals surface area contributed by atoms with Crippen LogP contribution >= 0.6 is 0 Å². The quantitative estimate of drug-likeness (QED) is 0.906. The van der Waals surface area contributed by atoms with Crippen LogP contribution in [0.4, 0.5) is 10.1 Å². The average Bonchev–Trinajstić information content (AvgIpc) is 2.38. The molecule has 2 aromatic rings. The Morgan fingerprint density at radius 3 is 2.89 bits per heavy atom. The van der Waals surface area contributed by atoms with Gasteiger partial charge in [0.25, 0.3) is 5.56 Å². The van der Waals surface area contributed by atoms with Crippen molar-refractivity contribution in [1.82, 2.24) is 9.55 Å². The summed E-state index contributed by atoms with van der Waals surface area (Å²) < 4.78 is 14.5. The van der Waals surface area contributed by atoms with Gasteiger partial charge in [0, 0.05) is 11.8 Å². The summed E-state index contributed by atoms with van der Waals surface area (Å²) in [5, 5.41) is 2.40. The van der Waals surface area contributed by atoms with Gasteiger partial charge in [0.1, 0.15) is 12.4 Å². The van der Waals surface area contributed by atoms with Crippen LogP contribution in [0.25, 0.3) is 0 Å². The van der Waals surface area contributed by atoms with Crippen LogP contribution in [0, 0.1) is 12.7 Å². The SMILES string of the molecule is Cc1cncn(CC(=O)Nc2ccccc2F)c1=O. The Morgan fingerprint density at radius 1 is 1.42 bits per heavy atom. The highest BCUT2D eigenvalue weighted by Crippen LogP contribution is 2.11. The Balaban J connectivity index is 2.12. The van der Waals surface area contributed by atoms with Crippen molar-refractivity contribution >= 4 is 11.6 Å². The van der Waals surface area contributed by atoms with Crippen molar-refractivity contribution in [3.8, 4) is 0 Å². The second-order valence-electron chi connectivity index (χ2n) is 4.04. The Morgan fingerprint density at radius 2 is 2.16 bits per heavy atom. The molecule has 2 rings (SSSR count). The molecule has 6 heteroatoms. The third kappa shape index (κ3) is 3.04. The number of hydrogen-bond acceptors (Lipinski definition) is 3. The lowest BCUT2D eigenvalue weighted by molar-refractivity contribution is -0.116. The molecule has 0 aliphatic heterocycles. The van der Waals surface area contributed by atoms with Gasteiger partial charge in [-0.15, -0.1) is 0 Å². The summed E-state index contributed by atoms with van der Waals surface area (Å²) in [5.41, 5.74) is 0.237. The lowest BCUT2D eigenvalue weighted by Crippen LogP contribution is -2.29. The molecule has 5 nitrogen and oxygen atoms in total. The molecule has 0 saturated heterocycles. The molecular weight excluding hydrogens is 249 g/mol. The van der Waals surface area contributed by atoms with E-state index >= 15 is 0 Å². The van der Waals surface area contributed by atoms with E-state index in [2.05, 4.69) is 10.3 Å². The molecule has 1 aromatic carbocycles. The van der Waals surface area contributed by atoms with E-state index in [1.54, 1.807) is 13.0 Å². The van der Waals surface area contributed by atoms with Crippen molar-refractivity contribution < 1.29 is 9.18 Å². The Labute approximate surface area is 108 Å². The molecule has 0 spiro atoms.